The molecule has 0 aliphatic rings. The van der Waals surface area contributed by atoms with Gasteiger partial charge < -0.3 is 4.90 Å². The molecule has 40 heavy (non-hydrogen) atoms. The fourth-order valence-corrected chi connectivity index (χ4v) is 5.62. The molecule has 0 aliphatic heterocycles. The molecule has 0 saturated carbocycles. The van der Waals surface area contributed by atoms with Crippen molar-refractivity contribution in [1.29, 1.82) is 0 Å². The Bertz CT molecular complexity index is 1740. The minimum Gasteiger partial charge on any atom is -0.311 e. The summed E-state index contributed by atoms with van der Waals surface area (Å²) in [5.41, 5.74) is 9.77. The summed E-state index contributed by atoms with van der Waals surface area (Å²) >= 11 is 2.83. The van der Waals surface area contributed by atoms with Gasteiger partial charge in [0.1, 0.15) is 0 Å². The Kier molecular flexibility index (Phi) is 7.56. The molecule has 0 aliphatic carbocycles. The van der Waals surface area contributed by atoms with Crippen molar-refractivity contribution in [3.05, 3.63) is 145 Å². The Morgan fingerprint density at radius 2 is 1.07 bits per heavy atom. The van der Waals surface area contributed by atoms with Crippen LogP contribution in [0, 0.1) is 0 Å². The second-order valence-corrected chi connectivity index (χ2v) is 11.2. The molecule has 2 heteroatoms. The molecule has 1 unspecified atom stereocenters. The van der Waals surface area contributed by atoms with Gasteiger partial charge in [0, 0.05) is 17.1 Å². The third-order valence-corrected chi connectivity index (χ3v) is 8.23. The topological polar surface area (TPSA) is 3.24 Å². The lowest BCUT2D eigenvalue weighted by Gasteiger charge is -2.26. The molecule has 0 aromatic heterocycles. The highest BCUT2D eigenvalue weighted by Crippen LogP contribution is 2.36. The maximum atomic E-state index is 2.83. The van der Waals surface area contributed by atoms with E-state index in [-0.39, 0.29) is 0 Å². The van der Waals surface area contributed by atoms with E-state index in [2.05, 4.69) is 175 Å². The Labute approximate surface area is 246 Å². The lowest BCUT2D eigenvalue weighted by Crippen LogP contribution is -2.13. The highest BCUT2D eigenvalue weighted by Gasteiger charge is 2.14. The molecule has 0 spiro atoms. The van der Waals surface area contributed by atoms with Crippen molar-refractivity contribution in [2.75, 3.05) is 4.90 Å². The lowest BCUT2D eigenvalue weighted by molar-refractivity contribution is 0.733. The summed E-state index contributed by atoms with van der Waals surface area (Å²) in [4.78, 5) is 2.34. The summed E-state index contributed by atoms with van der Waals surface area (Å²) < 4.78 is 1.17. The third-order valence-electron chi connectivity index (χ3n) is 7.87. The van der Waals surface area contributed by atoms with E-state index in [9.17, 15) is 0 Å². The molecule has 0 fully saturated rings. The third kappa shape index (κ3) is 5.47. The van der Waals surface area contributed by atoms with E-state index in [1.165, 1.54) is 43.0 Å². The van der Waals surface area contributed by atoms with Crippen molar-refractivity contribution in [1.82, 2.24) is 0 Å². The van der Waals surface area contributed by atoms with Crippen LogP contribution in [-0.2, 0) is 0 Å². The van der Waals surface area contributed by atoms with Gasteiger partial charge in [-0.2, -0.15) is 0 Å². The minimum absolute atomic E-state index is 0.559. The molecular formula is C38H32AlN. The number of benzene rings is 6. The fraction of sp³-hybridized carbons (Fsp3) is 0.105. The number of hydrogen-bond donors (Lipinski definition) is 0. The van der Waals surface area contributed by atoms with Crippen LogP contribution in [0.3, 0.4) is 0 Å². The average molecular weight is 530 g/mol. The molecule has 6 aromatic carbocycles. The second kappa shape index (κ2) is 11.6. The molecule has 0 bridgehead atoms. The first-order valence-corrected chi connectivity index (χ1v) is 14.6. The zero-order valence-electron chi connectivity index (χ0n) is 23.1. The standard InChI is InChI=1S/C38H32N.Al/c1-3-28(2)29-18-22-37(23-19-29)39(36-12-8-5-9-13-36)38-24-20-31(21-25-38)33-15-17-34-26-32(14-16-35(34)27-33)30-10-6-4-7-11-30;/h4-8,10-28H,3H2,1-2H3;. The molecule has 0 saturated heterocycles. The molecule has 192 valence electrons. The summed E-state index contributed by atoms with van der Waals surface area (Å²) in [5.74, 6) is 0.559. The van der Waals surface area contributed by atoms with Crippen molar-refractivity contribution < 1.29 is 0 Å². The largest absolute Gasteiger partial charge is 0.311 e. The fourth-order valence-electron chi connectivity index (χ4n) is 5.34. The highest BCUT2D eigenvalue weighted by molar-refractivity contribution is 6.32. The van der Waals surface area contributed by atoms with Crippen LogP contribution in [0.25, 0.3) is 33.0 Å². The van der Waals surface area contributed by atoms with Crippen molar-refractivity contribution in [2.24, 2.45) is 0 Å². The second-order valence-electron chi connectivity index (χ2n) is 10.5. The molecule has 0 amide bonds. The number of fused-ring (bicyclic) bond motifs is 1. The number of hydrogen-bond acceptors (Lipinski definition) is 1. The van der Waals surface area contributed by atoms with Crippen LogP contribution in [0.4, 0.5) is 17.1 Å². The first kappa shape index (κ1) is 26.2. The van der Waals surface area contributed by atoms with Gasteiger partial charge in [-0.3, -0.25) is 0 Å². The predicted octanol–water partition coefficient (Wildman–Crippen LogP) is 9.95. The van der Waals surface area contributed by atoms with Gasteiger partial charge in [0.2, 0.25) is 0 Å². The summed E-state index contributed by atoms with van der Waals surface area (Å²) in [6.07, 6.45) is 1.14. The average Bonchev–Trinajstić information content (AvgIpc) is 3.01. The number of rotatable bonds is 7. The van der Waals surface area contributed by atoms with Crippen molar-refractivity contribution >= 4 is 48.6 Å². The number of anilines is 3. The van der Waals surface area contributed by atoms with Crippen molar-refractivity contribution in [3.8, 4) is 22.3 Å². The van der Waals surface area contributed by atoms with Crippen LogP contribution < -0.4 is 9.33 Å². The zero-order chi connectivity index (χ0) is 27.5. The normalized spacial score (nSPS) is 11.8. The van der Waals surface area contributed by atoms with Gasteiger partial charge in [-0.1, -0.05) is 111 Å². The summed E-state index contributed by atoms with van der Waals surface area (Å²) in [6.45, 7) is 4.53. The van der Waals surface area contributed by atoms with Gasteiger partial charge in [-0.15, -0.1) is 4.43 Å². The molecule has 2 radical (unpaired) electrons. The summed E-state index contributed by atoms with van der Waals surface area (Å²) in [7, 11) is 0. The van der Waals surface area contributed by atoms with E-state index in [0.29, 0.717) is 5.92 Å². The van der Waals surface area contributed by atoms with Crippen LogP contribution in [0.15, 0.2) is 140 Å². The van der Waals surface area contributed by atoms with E-state index in [1.54, 1.807) is 0 Å². The predicted molar refractivity (Wildman–Crippen MR) is 174 cm³/mol. The monoisotopic (exact) mass is 529 g/mol. The Hall–Kier alpha value is -4.09. The van der Waals surface area contributed by atoms with E-state index in [4.69, 9.17) is 0 Å². The highest BCUT2D eigenvalue weighted by atomic mass is 27.0. The summed E-state index contributed by atoms with van der Waals surface area (Å²) in [5, 5.41) is 2.51. The van der Waals surface area contributed by atoms with Gasteiger partial charge in [0.25, 0.3) is 0 Å². The van der Waals surface area contributed by atoms with E-state index >= 15 is 0 Å². The van der Waals surface area contributed by atoms with Crippen LogP contribution in [-0.4, -0.2) is 16.3 Å². The van der Waals surface area contributed by atoms with Gasteiger partial charge in [-0.25, -0.2) is 0 Å². The summed E-state index contributed by atoms with van der Waals surface area (Å²) in [6, 6.07) is 50.7. The van der Waals surface area contributed by atoms with Gasteiger partial charge in [-0.05, 0) is 93.4 Å². The zero-order valence-corrected chi connectivity index (χ0v) is 24.2. The van der Waals surface area contributed by atoms with Crippen LogP contribution >= 0.6 is 0 Å². The SMILES string of the molecule is CCC(C)c1ccc(N(c2ccc(-c3ccc4cc(-c5ccccc5)ccc4c3)cc2)c2ccc[c]([Al])c2)cc1. The maximum absolute atomic E-state index is 2.83. The molecule has 6 aromatic rings. The molecule has 1 nitrogen and oxygen atoms in total. The van der Waals surface area contributed by atoms with Crippen LogP contribution in [0.2, 0.25) is 0 Å². The smallest absolute Gasteiger partial charge is 0.175 e. The molecule has 0 heterocycles. The minimum atomic E-state index is 0.559. The Balaban J connectivity index is 1.33. The van der Waals surface area contributed by atoms with Gasteiger partial charge in [0.05, 0.1) is 0 Å². The molecule has 6 rings (SSSR count). The molecule has 1 atom stereocenters. The number of nitrogens with zero attached hydrogens (tertiary/aromatic N) is 1. The van der Waals surface area contributed by atoms with Crippen molar-refractivity contribution in [2.45, 2.75) is 26.2 Å². The quantitative estimate of drug-likeness (QED) is 0.186. The molecule has 0 N–H and O–H groups in total. The Morgan fingerprint density at radius 1 is 0.525 bits per heavy atom. The Morgan fingerprint density at radius 3 is 1.65 bits per heavy atom. The first-order chi connectivity index (χ1) is 19.6. The maximum Gasteiger partial charge on any atom is 0.175 e. The van der Waals surface area contributed by atoms with E-state index in [0.717, 1.165) is 23.5 Å². The van der Waals surface area contributed by atoms with E-state index in [1.807, 2.05) is 0 Å². The lowest BCUT2D eigenvalue weighted by atomic mass is 9.97. The van der Waals surface area contributed by atoms with Crippen LogP contribution in [0.1, 0.15) is 31.7 Å². The van der Waals surface area contributed by atoms with Gasteiger partial charge in [0.15, 0.2) is 16.3 Å². The molecular weight excluding hydrogens is 497 g/mol. The van der Waals surface area contributed by atoms with Gasteiger partial charge >= 0.3 is 0 Å². The first-order valence-electron chi connectivity index (χ1n) is 14.0. The van der Waals surface area contributed by atoms with E-state index < -0.39 is 0 Å². The van der Waals surface area contributed by atoms with Crippen molar-refractivity contribution in [3.63, 3.8) is 0 Å². The van der Waals surface area contributed by atoms with Crippen LogP contribution in [0.5, 0.6) is 0 Å².